The smallest absolute Gasteiger partial charge is 0.253 e. The summed E-state index contributed by atoms with van der Waals surface area (Å²) in [6.45, 7) is 5.58. The fraction of sp³-hybridized carbons (Fsp3) is 0.462. The van der Waals surface area contributed by atoms with Crippen LogP contribution in [0, 0.1) is 6.92 Å². The minimum Gasteiger partial charge on any atom is -0.389 e. The molecule has 0 aliphatic rings. The second-order valence-corrected chi connectivity index (χ2v) is 5.85. The van der Waals surface area contributed by atoms with E-state index in [-0.39, 0.29) is 5.91 Å². The Hall–Kier alpha value is -0.870. The Bertz CT molecular complexity index is 424. The topological polar surface area (TPSA) is 40.5 Å². The summed E-state index contributed by atoms with van der Waals surface area (Å²) < 4.78 is 0.955. The Morgan fingerprint density at radius 2 is 2.06 bits per heavy atom. The summed E-state index contributed by atoms with van der Waals surface area (Å²) in [6, 6.07) is 5.55. The molecule has 1 rings (SSSR count). The first-order chi connectivity index (χ1) is 7.70. The summed E-state index contributed by atoms with van der Waals surface area (Å²) in [6.07, 6.45) is 0. The number of carbonyl (C=O) groups excluding carboxylic acids is 1. The van der Waals surface area contributed by atoms with E-state index in [9.17, 15) is 9.90 Å². The zero-order valence-corrected chi connectivity index (χ0v) is 12.2. The summed E-state index contributed by atoms with van der Waals surface area (Å²) in [4.78, 5) is 13.7. The highest BCUT2D eigenvalue weighted by molar-refractivity contribution is 9.10. The Labute approximate surface area is 111 Å². The predicted octanol–water partition coefficient (Wildman–Crippen LogP) is 2.60. The molecule has 0 aliphatic carbocycles. The van der Waals surface area contributed by atoms with E-state index in [1.54, 1.807) is 27.0 Å². The van der Waals surface area contributed by atoms with Gasteiger partial charge in [-0.3, -0.25) is 4.79 Å². The summed E-state index contributed by atoms with van der Waals surface area (Å²) in [5.41, 5.74) is 0.708. The lowest BCUT2D eigenvalue weighted by molar-refractivity contribution is 0.0367. The van der Waals surface area contributed by atoms with Gasteiger partial charge in [0.2, 0.25) is 0 Å². The molecule has 0 aliphatic heterocycles. The molecule has 0 aromatic heterocycles. The highest BCUT2D eigenvalue weighted by Crippen LogP contribution is 2.17. The average Bonchev–Trinajstić information content (AvgIpc) is 2.14. The summed E-state index contributed by atoms with van der Waals surface area (Å²) in [5, 5.41) is 9.70. The Balaban J connectivity index is 2.89. The maximum Gasteiger partial charge on any atom is 0.253 e. The van der Waals surface area contributed by atoms with Crippen molar-refractivity contribution >= 4 is 21.8 Å². The minimum absolute atomic E-state index is 0.0721. The van der Waals surface area contributed by atoms with Crippen molar-refractivity contribution in [2.45, 2.75) is 26.4 Å². The summed E-state index contributed by atoms with van der Waals surface area (Å²) in [5.74, 6) is -0.0721. The molecule has 0 radical (unpaired) electrons. The second-order valence-electron chi connectivity index (χ2n) is 4.93. The van der Waals surface area contributed by atoms with Crippen molar-refractivity contribution in [3.05, 3.63) is 33.8 Å². The van der Waals surface area contributed by atoms with Crippen LogP contribution in [0.25, 0.3) is 0 Å². The van der Waals surface area contributed by atoms with Crippen molar-refractivity contribution in [1.29, 1.82) is 0 Å². The third-order valence-electron chi connectivity index (χ3n) is 2.39. The number of nitrogens with zero attached hydrogens (tertiary/aromatic N) is 1. The fourth-order valence-electron chi connectivity index (χ4n) is 1.72. The lowest BCUT2D eigenvalue weighted by Crippen LogP contribution is -2.39. The highest BCUT2D eigenvalue weighted by atomic mass is 79.9. The van der Waals surface area contributed by atoms with Crippen LogP contribution in [0.3, 0.4) is 0 Å². The quantitative estimate of drug-likeness (QED) is 0.932. The molecule has 0 bridgehead atoms. The van der Waals surface area contributed by atoms with Gasteiger partial charge in [0.1, 0.15) is 0 Å². The van der Waals surface area contributed by atoms with Crippen molar-refractivity contribution < 1.29 is 9.90 Å². The van der Waals surface area contributed by atoms with Gasteiger partial charge in [0.05, 0.1) is 5.60 Å². The van der Waals surface area contributed by atoms with Gasteiger partial charge in [0.15, 0.2) is 0 Å². The molecule has 0 fully saturated rings. The van der Waals surface area contributed by atoms with Crippen molar-refractivity contribution in [3.63, 3.8) is 0 Å². The van der Waals surface area contributed by atoms with Crippen molar-refractivity contribution in [2.75, 3.05) is 13.6 Å². The standard InChI is InChI=1S/C13H18BrNO2/c1-9-7-10(14)5-6-11(9)12(16)15(4)8-13(2,3)17/h5-7,17H,8H2,1-4H3. The average molecular weight is 300 g/mol. The molecule has 1 aromatic rings. The number of likely N-dealkylation sites (N-methyl/N-ethyl adjacent to an activating group) is 1. The summed E-state index contributed by atoms with van der Waals surface area (Å²) >= 11 is 3.37. The third kappa shape index (κ3) is 4.13. The first kappa shape index (κ1) is 14.2. The van der Waals surface area contributed by atoms with Crippen molar-refractivity contribution in [3.8, 4) is 0 Å². The molecule has 1 aromatic carbocycles. The molecule has 0 saturated heterocycles. The predicted molar refractivity (Wildman–Crippen MR) is 72.1 cm³/mol. The number of amides is 1. The van der Waals surface area contributed by atoms with Gasteiger partial charge in [-0.05, 0) is 44.5 Å². The maximum atomic E-state index is 12.2. The Kier molecular flexibility index (Phi) is 4.33. The van der Waals surface area contributed by atoms with Crippen LogP contribution in [-0.2, 0) is 0 Å². The molecule has 0 atom stereocenters. The Morgan fingerprint density at radius 1 is 1.47 bits per heavy atom. The molecule has 0 unspecified atom stereocenters. The van der Waals surface area contributed by atoms with E-state index in [1.807, 2.05) is 19.1 Å². The number of benzene rings is 1. The van der Waals surface area contributed by atoms with Crippen LogP contribution in [0.5, 0.6) is 0 Å². The van der Waals surface area contributed by atoms with Gasteiger partial charge in [-0.2, -0.15) is 0 Å². The minimum atomic E-state index is -0.881. The number of carbonyl (C=O) groups is 1. The van der Waals surface area contributed by atoms with E-state index < -0.39 is 5.60 Å². The lowest BCUT2D eigenvalue weighted by atomic mass is 10.1. The van der Waals surface area contributed by atoms with Crippen LogP contribution < -0.4 is 0 Å². The van der Waals surface area contributed by atoms with Gasteiger partial charge in [-0.1, -0.05) is 15.9 Å². The van der Waals surface area contributed by atoms with Gasteiger partial charge in [-0.15, -0.1) is 0 Å². The number of hydrogen-bond acceptors (Lipinski definition) is 2. The number of aryl methyl sites for hydroxylation is 1. The van der Waals surface area contributed by atoms with E-state index in [0.717, 1.165) is 10.0 Å². The zero-order chi connectivity index (χ0) is 13.2. The zero-order valence-electron chi connectivity index (χ0n) is 10.6. The number of rotatable bonds is 3. The first-order valence-corrected chi connectivity index (χ1v) is 6.24. The van der Waals surface area contributed by atoms with E-state index >= 15 is 0 Å². The molecule has 3 nitrogen and oxygen atoms in total. The van der Waals surface area contributed by atoms with Crippen LogP contribution in [0.4, 0.5) is 0 Å². The molecule has 0 heterocycles. The van der Waals surface area contributed by atoms with Gasteiger partial charge in [-0.25, -0.2) is 0 Å². The van der Waals surface area contributed by atoms with Crippen LogP contribution in [0.15, 0.2) is 22.7 Å². The first-order valence-electron chi connectivity index (χ1n) is 5.45. The molecule has 1 amide bonds. The van der Waals surface area contributed by atoms with Crippen molar-refractivity contribution in [2.24, 2.45) is 0 Å². The molecule has 0 saturated carbocycles. The summed E-state index contributed by atoms with van der Waals surface area (Å²) in [7, 11) is 1.70. The van der Waals surface area contributed by atoms with Crippen molar-refractivity contribution in [1.82, 2.24) is 4.90 Å². The van der Waals surface area contributed by atoms with Gasteiger partial charge in [0.25, 0.3) is 5.91 Å². The largest absolute Gasteiger partial charge is 0.389 e. The number of halogens is 1. The van der Waals surface area contributed by atoms with Gasteiger partial charge in [0, 0.05) is 23.6 Å². The van der Waals surface area contributed by atoms with Gasteiger partial charge >= 0.3 is 0 Å². The number of aliphatic hydroxyl groups is 1. The fourth-order valence-corrected chi connectivity index (χ4v) is 2.20. The molecular weight excluding hydrogens is 282 g/mol. The lowest BCUT2D eigenvalue weighted by Gasteiger charge is -2.26. The van der Waals surface area contributed by atoms with Gasteiger partial charge < -0.3 is 10.0 Å². The molecule has 4 heteroatoms. The molecule has 17 heavy (non-hydrogen) atoms. The van der Waals surface area contributed by atoms with Crippen LogP contribution in [0.2, 0.25) is 0 Å². The molecule has 1 N–H and O–H groups in total. The van der Waals surface area contributed by atoms with Crippen LogP contribution >= 0.6 is 15.9 Å². The monoisotopic (exact) mass is 299 g/mol. The van der Waals surface area contributed by atoms with E-state index in [1.165, 1.54) is 4.90 Å². The Morgan fingerprint density at radius 3 is 2.53 bits per heavy atom. The van der Waals surface area contributed by atoms with E-state index in [0.29, 0.717) is 12.1 Å². The highest BCUT2D eigenvalue weighted by Gasteiger charge is 2.21. The molecule has 0 spiro atoms. The SMILES string of the molecule is Cc1cc(Br)ccc1C(=O)N(C)CC(C)(C)O. The molecular formula is C13H18BrNO2. The van der Waals surface area contributed by atoms with E-state index in [4.69, 9.17) is 0 Å². The maximum absolute atomic E-state index is 12.2. The van der Waals surface area contributed by atoms with E-state index in [2.05, 4.69) is 15.9 Å². The second kappa shape index (κ2) is 5.19. The normalized spacial score (nSPS) is 11.4. The van der Waals surface area contributed by atoms with Crippen LogP contribution in [0.1, 0.15) is 29.8 Å². The number of hydrogen-bond donors (Lipinski definition) is 1. The van der Waals surface area contributed by atoms with Crippen LogP contribution in [-0.4, -0.2) is 35.1 Å². The molecule has 94 valence electrons. The third-order valence-corrected chi connectivity index (χ3v) is 2.88.